The first kappa shape index (κ1) is 18.3. The van der Waals surface area contributed by atoms with Crippen molar-refractivity contribution in [3.8, 4) is 0 Å². The van der Waals surface area contributed by atoms with E-state index < -0.39 is 0 Å². The zero-order chi connectivity index (χ0) is 16.4. The van der Waals surface area contributed by atoms with Crippen molar-refractivity contribution in [1.29, 1.82) is 0 Å². The van der Waals surface area contributed by atoms with Gasteiger partial charge in [0.15, 0.2) is 5.96 Å². The number of aryl methyl sites for hydroxylation is 2. The molecule has 0 saturated heterocycles. The number of nitrogens with one attached hydrogen (secondary N) is 1. The predicted octanol–water partition coefficient (Wildman–Crippen LogP) is 3.09. The second kappa shape index (κ2) is 10.0. The van der Waals surface area contributed by atoms with Gasteiger partial charge in [-0.1, -0.05) is 17.7 Å². The summed E-state index contributed by atoms with van der Waals surface area (Å²) in [4.78, 5) is 6.52. The fourth-order valence-electron chi connectivity index (χ4n) is 2.46. The number of allylic oxidation sites excluding steroid dienone is 1. The van der Waals surface area contributed by atoms with Gasteiger partial charge in [0.1, 0.15) is 5.76 Å². The number of aromatic nitrogens is 1. The third kappa shape index (κ3) is 5.92. The molecular formula is C17H30N4O. The first-order chi connectivity index (χ1) is 10.6. The van der Waals surface area contributed by atoms with E-state index in [0.717, 1.165) is 43.3 Å². The second-order valence-electron chi connectivity index (χ2n) is 5.59. The van der Waals surface area contributed by atoms with E-state index in [1.54, 1.807) is 0 Å². The average molecular weight is 306 g/mol. The van der Waals surface area contributed by atoms with Crippen LogP contribution in [0.4, 0.5) is 0 Å². The minimum absolute atomic E-state index is 0.830. The maximum atomic E-state index is 5.19. The minimum atomic E-state index is 0.830. The molecule has 5 nitrogen and oxygen atoms in total. The SMILES string of the molecule is C=CCCCCCN(C)C(=NC)NCCc1c(C)noc1C. The fourth-order valence-corrected chi connectivity index (χ4v) is 2.46. The minimum Gasteiger partial charge on any atom is -0.361 e. The second-order valence-corrected chi connectivity index (χ2v) is 5.59. The molecule has 0 aliphatic heterocycles. The van der Waals surface area contributed by atoms with Crippen LogP contribution in [0.2, 0.25) is 0 Å². The lowest BCUT2D eigenvalue weighted by atomic mass is 10.1. The topological polar surface area (TPSA) is 53.7 Å². The molecule has 1 heterocycles. The third-order valence-electron chi connectivity index (χ3n) is 3.81. The van der Waals surface area contributed by atoms with Gasteiger partial charge in [0, 0.05) is 32.7 Å². The number of guanidine groups is 1. The molecule has 1 N–H and O–H groups in total. The van der Waals surface area contributed by atoms with Crippen LogP contribution in [0.1, 0.15) is 42.7 Å². The van der Waals surface area contributed by atoms with Crippen LogP contribution in [0.5, 0.6) is 0 Å². The lowest BCUT2D eigenvalue weighted by Gasteiger charge is -2.22. The van der Waals surface area contributed by atoms with E-state index in [0.29, 0.717) is 0 Å². The first-order valence-electron chi connectivity index (χ1n) is 8.04. The quantitative estimate of drug-likeness (QED) is 0.330. The molecule has 0 aliphatic rings. The van der Waals surface area contributed by atoms with Gasteiger partial charge < -0.3 is 14.7 Å². The summed E-state index contributed by atoms with van der Waals surface area (Å²) in [6.07, 6.45) is 7.61. The number of rotatable bonds is 9. The van der Waals surface area contributed by atoms with E-state index in [-0.39, 0.29) is 0 Å². The number of nitrogens with zero attached hydrogens (tertiary/aromatic N) is 3. The zero-order valence-corrected chi connectivity index (χ0v) is 14.5. The van der Waals surface area contributed by atoms with Gasteiger partial charge in [0.05, 0.1) is 5.69 Å². The van der Waals surface area contributed by atoms with Gasteiger partial charge in [-0.2, -0.15) is 0 Å². The fraction of sp³-hybridized carbons (Fsp3) is 0.647. The summed E-state index contributed by atoms with van der Waals surface area (Å²) in [5.74, 6) is 1.85. The van der Waals surface area contributed by atoms with Crippen LogP contribution in [0.3, 0.4) is 0 Å². The highest BCUT2D eigenvalue weighted by molar-refractivity contribution is 5.79. The molecule has 124 valence electrons. The van der Waals surface area contributed by atoms with E-state index in [2.05, 4.69) is 34.0 Å². The van der Waals surface area contributed by atoms with Gasteiger partial charge in [0.25, 0.3) is 0 Å². The standard InChI is InChI=1S/C17H30N4O/c1-6-7-8-9-10-13-21(5)17(18-4)19-12-11-16-14(2)20-22-15(16)3/h6H,1,7-13H2,2-5H3,(H,18,19). The van der Waals surface area contributed by atoms with Gasteiger partial charge in [-0.3, -0.25) is 4.99 Å². The molecule has 0 fully saturated rings. The monoisotopic (exact) mass is 306 g/mol. The molecule has 0 amide bonds. The number of aliphatic imine (C=N–C) groups is 1. The van der Waals surface area contributed by atoms with Crippen molar-refractivity contribution in [2.75, 3.05) is 27.2 Å². The molecule has 0 bridgehead atoms. The lowest BCUT2D eigenvalue weighted by Crippen LogP contribution is -2.40. The van der Waals surface area contributed by atoms with Crippen molar-refractivity contribution in [3.63, 3.8) is 0 Å². The highest BCUT2D eigenvalue weighted by Gasteiger charge is 2.10. The first-order valence-corrected chi connectivity index (χ1v) is 8.04. The third-order valence-corrected chi connectivity index (χ3v) is 3.81. The van der Waals surface area contributed by atoms with Crippen molar-refractivity contribution in [1.82, 2.24) is 15.4 Å². The van der Waals surface area contributed by atoms with E-state index in [9.17, 15) is 0 Å². The summed E-state index contributed by atoms with van der Waals surface area (Å²) < 4.78 is 5.19. The Morgan fingerprint density at radius 3 is 2.73 bits per heavy atom. The van der Waals surface area contributed by atoms with Crippen LogP contribution in [-0.2, 0) is 6.42 Å². The molecule has 22 heavy (non-hydrogen) atoms. The van der Waals surface area contributed by atoms with E-state index in [4.69, 9.17) is 4.52 Å². The smallest absolute Gasteiger partial charge is 0.193 e. The Hall–Kier alpha value is -1.78. The van der Waals surface area contributed by atoms with Gasteiger partial charge in [0.2, 0.25) is 0 Å². The predicted molar refractivity (Wildman–Crippen MR) is 92.3 cm³/mol. The summed E-state index contributed by atoms with van der Waals surface area (Å²) in [7, 11) is 3.91. The molecular weight excluding hydrogens is 276 g/mol. The number of hydrogen-bond donors (Lipinski definition) is 1. The molecule has 0 aliphatic carbocycles. The Morgan fingerprint density at radius 1 is 1.36 bits per heavy atom. The zero-order valence-electron chi connectivity index (χ0n) is 14.5. The lowest BCUT2D eigenvalue weighted by molar-refractivity contribution is 0.392. The van der Waals surface area contributed by atoms with Crippen molar-refractivity contribution in [2.45, 2.75) is 46.0 Å². The Morgan fingerprint density at radius 2 is 2.14 bits per heavy atom. The Bertz CT molecular complexity index is 460. The van der Waals surface area contributed by atoms with Crippen molar-refractivity contribution < 1.29 is 4.52 Å². The average Bonchev–Trinajstić information content (AvgIpc) is 2.82. The normalized spacial score (nSPS) is 11.5. The van der Waals surface area contributed by atoms with Crippen molar-refractivity contribution >= 4 is 5.96 Å². The Labute approximate surface area is 134 Å². The Kier molecular flexibility index (Phi) is 8.33. The number of hydrogen-bond acceptors (Lipinski definition) is 3. The van der Waals surface area contributed by atoms with Crippen LogP contribution in [0.15, 0.2) is 22.2 Å². The summed E-state index contributed by atoms with van der Waals surface area (Å²) in [6.45, 7) is 9.54. The van der Waals surface area contributed by atoms with Crippen molar-refractivity contribution in [3.05, 3.63) is 29.7 Å². The van der Waals surface area contributed by atoms with E-state index in [1.165, 1.54) is 24.8 Å². The maximum absolute atomic E-state index is 5.19. The van der Waals surface area contributed by atoms with Crippen molar-refractivity contribution in [2.24, 2.45) is 4.99 Å². The van der Waals surface area contributed by atoms with Crippen LogP contribution in [-0.4, -0.2) is 43.2 Å². The van der Waals surface area contributed by atoms with E-state index in [1.807, 2.05) is 27.0 Å². The molecule has 0 radical (unpaired) electrons. The molecule has 0 aromatic carbocycles. The molecule has 5 heteroatoms. The van der Waals surface area contributed by atoms with Crippen LogP contribution >= 0.6 is 0 Å². The largest absolute Gasteiger partial charge is 0.361 e. The van der Waals surface area contributed by atoms with Gasteiger partial charge in [-0.25, -0.2) is 0 Å². The summed E-state index contributed by atoms with van der Waals surface area (Å²) in [6, 6.07) is 0. The molecule has 0 spiro atoms. The summed E-state index contributed by atoms with van der Waals surface area (Å²) >= 11 is 0. The van der Waals surface area contributed by atoms with Crippen LogP contribution in [0, 0.1) is 13.8 Å². The molecule has 1 aromatic heterocycles. The highest BCUT2D eigenvalue weighted by atomic mass is 16.5. The van der Waals surface area contributed by atoms with E-state index >= 15 is 0 Å². The Balaban J connectivity index is 2.31. The molecule has 1 aromatic rings. The molecule has 0 atom stereocenters. The van der Waals surface area contributed by atoms with Crippen LogP contribution in [0.25, 0.3) is 0 Å². The molecule has 0 saturated carbocycles. The van der Waals surface area contributed by atoms with Gasteiger partial charge in [-0.05, 0) is 39.5 Å². The molecule has 0 unspecified atom stereocenters. The van der Waals surface area contributed by atoms with Crippen LogP contribution < -0.4 is 5.32 Å². The highest BCUT2D eigenvalue weighted by Crippen LogP contribution is 2.12. The summed E-state index contributed by atoms with van der Waals surface area (Å²) in [5, 5.41) is 7.39. The number of unbranched alkanes of at least 4 members (excludes halogenated alkanes) is 3. The van der Waals surface area contributed by atoms with Gasteiger partial charge >= 0.3 is 0 Å². The van der Waals surface area contributed by atoms with Gasteiger partial charge in [-0.15, -0.1) is 6.58 Å². The molecule has 1 rings (SSSR count). The maximum Gasteiger partial charge on any atom is 0.193 e. The summed E-state index contributed by atoms with van der Waals surface area (Å²) in [5.41, 5.74) is 2.17.